The van der Waals surface area contributed by atoms with E-state index in [0.717, 1.165) is 31.2 Å². The Morgan fingerprint density at radius 1 is 1.10 bits per heavy atom. The van der Waals surface area contributed by atoms with E-state index in [-0.39, 0.29) is 23.2 Å². The second kappa shape index (κ2) is 9.93. The second-order valence-corrected chi connectivity index (χ2v) is 10.3. The number of nitrogens with zero attached hydrogens (tertiary/aromatic N) is 1. The van der Waals surface area contributed by atoms with Gasteiger partial charge in [-0.2, -0.15) is 4.31 Å². The third-order valence-electron chi connectivity index (χ3n) is 5.49. The summed E-state index contributed by atoms with van der Waals surface area (Å²) in [5, 5.41) is 3.77. The Hall–Kier alpha value is -2.23. The van der Waals surface area contributed by atoms with Crippen LogP contribution in [0.3, 0.4) is 0 Å². The maximum atomic E-state index is 12.7. The lowest BCUT2D eigenvalue weighted by atomic mass is 9.95. The van der Waals surface area contributed by atoms with E-state index in [1.54, 1.807) is 13.8 Å². The average molecular weight is 465 g/mol. The summed E-state index contributed by atoms with van der Waals surface area (Å²) >= 11 is 1.51. The van der Waals surface area contributed by atoms with Crippen molar-refractivity contribution in [2.75, 3.05) is 32.1 Å². The van der Waals surface area contributed by atoms with Crippen LogP contribution in [0.15, 0.2) is 29.2 Å². The lowest BCUT2D eigenvalue weighted by Gasteiger charge is -2.18. The van der Waals surface area contributed by atoms with Gasteiger partial charge in [0.05, 0.1) is 24.1 Å². The fourth-order valence-electron chi connectivity index (χ4n) is 3.80. The average Bonchev–Trinajstić information content (AvgIpc) is 3.16. The normalized spacial score (nSPS) is 13.7. The molecule has 9 heteroatoms. The molecule has 0 amide bonds. The molecule has 0 bridgehead atoms. The first kappa shape index (κ1) is 23.4. The summed E-state index contributed by atoms with van der Waals surface area (Å²) in [6.45, 7) is 4.35. The number of rotatable bonds is 9. The van der Waals surface area contributed by atoms with Crippen LogP contribution in [-0.2, 0) is 27.6 Å². The van der Waals surface area contributed by atoms with Crippen molar-refractivity contribution >= 4 is 38.1 Å². The van der Waals surface area contributed by atoms with Gasteiger partial charge in [-0.3, -0.25) is 4.79 Å². The van der Waals surface area contributed by atoms with Crippen molar-refractivity contribution < 1.29 is 22.7 Å². The predicted molar refractivity (Wildman–Crippen MR) is 122 cm³/mol. The number of fused-ring (bicyclic) bond motifs is 1. The van der Waals surface area contributed by atoms with Crippen LogP contribution < -0.4 is 5.32 Å². The Morgan fingerprint density at radius 2 is 1.74 bits per heavy atom. The SMILES string of the molecule is CCN(CC)S(=O)(=O)c1ccc(C(=O)CNc2sc3c(c2C(=O)OC)CCCC3)cc1. The van der Waals surface area contributed by atoms with Crippen LogP contribution in [0.5, 0.6) is 0 Å². The predicted octanol–water partition coefficient (Wildman–Crippen LogP) is 3.74. The van der Waals surface area contributed by atoms with E-state index in [1.807, 2.05) is 0 Å². The highest BCUT2D eigenvalue weighted by Gasteiger charge is 2.26. The molecule has 3 rings (SSSR count). The molecule has 168 valence electrons. The smallest absolute Gasteiger partial charge is 0.341 e. The molecule has 7 nitrogen and oxygen atoms in total. The third-order valence-corrected chi connectivity index (χ3v) is 8.80. The largest absolute Gasteiger partial charge is 0.465 e. The van der Waals surface area contributed by atoms with Crippen LogP contribution in [0.1, 0.15) is 57.8 Å². The van der Waals surface area contributed by atoms with Gasteiger partial charge in [0.1, 0.15) is 5.00 Å². The molecule has 1 N–H and O–H groups in total. The number of sulfonamides is 1. The molecule has 1 aliphatic carbocycles. The third kappa shape index (κ3) is 4.83. The van der Waals surface area contributed by atoms with Gasteiger partial charge >= 0.3 is 5.97 Å². The summed E-state index contributed by atoms with van der Waals surface area (Å²) in [6, 6.07) is 5.98. The quantitative estimate of drug-likeness (QED) is 0.449. The number of esters is 1. The summed E-state index contributed by atoms with van der Waals surface area (Å²) in [5.41, 5.74) is 1.98. The lowest BCUT2D eigenvalue weighted by molar-refractivity contribution is 0.0600. The summed E-state index contributed by atoms with van der Waals surface area (Å²) in [7, 11) is -2.20. The van der Waals surface area contributed by atoms with Crippen molar-refractivity contribution in [1.82, 2.24) is 4.31 Å². The van der Waals surface area contributed by atoms with E-state index in [2.05, 4.69) is 5.32 Å². The Kier molecular flexibility index (Phi) is 7.51. The molecule has 0 unspecified atom stereocenters. The standard InChI is InChI=1S/C22H28N2O5S2/c1-4-24(5-2)31(27,28)16-12-10-15(11-13-16)18(25)14-23-21-20(22(26)29-3)17-8-6-7-9-19(17)30-21/h10-13,23H,4-9,14H2,1-3H3. The number of nitrogens with one attached hydrogen (secondary N) is 1. The minimum absolute atomic E-state index is 0.00549. The number of ether oxygens (including phenoxy) is 1. The maximum absolute atomic E-state index is 12.7. The van der Waals surface area contributed by atoms with Crippen molar-refractivity contribution in [3.05, 3.63) is 45.8 Å². The van der Waals surface area contributed by atoms with E-state index < -0.39 is 10.0 Å². The summed E-state index contributed by atoms with van der Waals surface area (Å²) < 4.78 is 31.5. The fourth-order valence-corrected chi connectivity index (χ4v) is 6.53. The Labute approximate surface area is 187 Å². The van der Waals surface area contributed by atoms with Crippen LogP contribution in [0.2, 0.25) is 0 Å². The minimum Gasteiger partial charge on any atom is -0.465 e. The second-order valence-electron chi connectivity index (χ2n) is 7.30. The molecular formula is C22H28N2O5S2. The lowest BCUT2D eigenvalue weighted by Crippen LogP contribution is -2.30. The van der Waals surface area contributed by atoms with Crippen LogP contribution in [0.4, 0.5) is 5.00 Å². The number of carbonyl (C=O) groups excluding carboxylic acids is 2. The molecule has 0 fully saturated rings. The van der Waals surface area contributed by atoms with Crippen molar-refractivity contribution in [1.29, 1.82) is 0 Å². The number of methoxy groups -OCH3 is 1. The van der Waals surface area contributed by atoms with E-state index >= 15 is 0 Å². The number of anilines is 1. The minimum atomic E-state index is -3.56. The number of Topliss-reactive ketones (excluding diaryl/α,β-unsaturated/α-hetero) is 1. The Bertz CT molecular complexity index is 1050. The summed E-state index contributed by atoms with van der Waals surface area (Å²) in [5.74, 6) is -0.575. The molecule has 1 aromatic heterocycles. The number of benzene rings is 1. The molecule has 31 heavy (non-hydrogen) atoms. The number of hydrogen-bond acceptors (Lipinski definition) is 7. The molecule has 0 radical (unpaired) electrons. The van der Waals surface area contributed by atoms with Gasteiger partial charge in [0.15, 0.2) is 5.78 Å². The first-order valence-corrected chi connectivity index (χ1v) is 12.7. The molecule has 1 aliphatic rings. The first-order valence-electron chi connectivity index (χ1n) is 10.4. The molecule has 0 atom stereocenters. The van der Waals surface area contributed by atoms with Crippen molar-refractivity contribution in [2.45, 2.75) is 44.4 Å². The number of thiophene rings is 1. The van der Waals surface area contributed by atoms with Gasteiger partial charge in [0, 0.05) is 23.5 Å². The Morgan fingerprint density at radius 3 is 2.35 bits per heavy atom. The van der Waals surface area contributed by atoms with Crippen LogP contribution in [-0.4, -0.2) is 51.2 Å². The van der Waals surface area contributed by atoms with Gasteiger partial charge in [-0.1, -0.05) is 13.8 Å². The van der Waals surface area contributed by atoms with Gasteiger partial charge in [-0.15, -0.1) is 11.3 Å². The fraction of sp³-hybridized carbons (Fsp3) is 0.455. The molecular weight excluding hydrogens is 436 g/mol. The summed E-state index contributed by atoms with van der Waals surface area (Å²) in [4.78, 5) is 26.3. The van der Waals surface area contributed by atoms with E-state index in [0.29, 0.717) is 29.2 Å². The highest BCUT2D eigenvalue weighted by Crippen LogP contribution is 2.38. The van der Waals surface area contributed by atoms with Gasteiger partial charge in [-0.05, 0) is 55.5 Å². The molecule has 2 aromatic rings. The van der Waals surface area contributed by atoms with Gasteiger partial charge in [0.25, 0.3) is 0 Å². The molecule has 1 heterocycles. The highest BCUT2D eigenvalue weighted by molar-refractivity contribution is 7.89. The maximum Gasteiger partial charge on any atom is 0.341 e. The van der Waals surface area contributed by atoms with Gasteiger partial charge in [-0.25, -0.2) is 13.2 Å². The van der Waals surface area contributed by atoms with E-state index in [9.17, 15) is 18.0 Å². The number of ketones is 1. The van der Waals surface area contributed by atoms with Gasteiger partial charge < -0.3 is 10.1 Å². The first-order chi connectivity index (χ1) is 14.8. The van der Waals surface area contributed by atoms with Crippen molar-refractivity contribution in [3.63, 3.8) is 0 Å². The zero-order valence-corrected chi connectivity index (χ0v) is 19.7. The number of aryl methyl sites for hydroxylation is 1. The monoisotopic (exact) mass is 464 g/mol. The molecule has 0 spiro atoms. The van der Waals surface area contributed by atoms with Crippen LogP contribution in [0, 0.1) is 0 Å². The van der Waals surface area contributed by atoms with E-state index in [4.69, 9.17) is 4.74 Å². The number of carbonyl (C=O) groups is 2. The van der Waals surface area contributed by atoms with E-state index in [1.165, 1.54) is 51.9 Å². The zero-order chi connectivity index (χ0) is 22.6. The number of hydrogen-bond donors (Lipinski definition) is 1. The zero-order valence-electron chi connectivity index (χ0n) is 18.1. The van der Waals surface area contributed by atoms with Gasteiger partial charge in [0.2, 0.25) is 10.0 Å². The molecule has 0 saturated heterocycles. The highest BCUT2D eigenvalue weighted by atomic mass is 32.2. The van der Waals surface area contributed by atoms with Crippen LogP contribution >= 0.6 is 11.3 Å². The summed E-state index contributed by atoms with van der Waals surface area (Å²) in [6.07, 6.45) is 3.90. The van der Waals surface area contributed by atoms with Crippen molar-refractivity contribution in [3.8, 4) is 0 Å². The van der Waals surface area contributed by atoms with Crippen LogP contribution in [0.25, 0.3) is 0 Å². The van der Waals surface area contributed by atoms with Crippen molar-refractivity contribution in [2.24, 2.45) is 0 Å². The topological polar surface area (TPSA) is 92.8 Å². The molecule has 0 aliphatic heterocycles. The Balaban J connectivity index is 1.75. The molecule has 0 saturated carbocycles. The molecule has 1 aromatic carbocycles.